The molecule has 0 spiro atoms. The number of aryl methyl sites for hydroxylation is 2. The lowest BCUT2D eigenvalue weighted by Gasteiger charge is -2.12. The van der Waals surface area contributed by atoms with E-state index in [0.29, 0.717) is 22.9 Å². The third-order valence-corrected chi connectivity index (χ3v) is 3.92. The lowest BCUT2D eigenvalue weighted by Crippen LogP contribution is -2.15. The molecule has 3 rings (SSSR count). The summed E-state index contributed by atoms with van der Waals surface area (Å²) in [5.41, 5.74) is 3.44. The largest absolute Gasteiger partial charge is 0.496 e. The maximum Gasteiger partial charge on any atom is 0.230 e. The zero-order valence-corrected chi connectivity index (χ0v) is 14.7. The van der Waals surface area contributed by atoms with Gasteiger partial charge in [-0.2, -0.15) is 0 Å². The summed E-state index contributed by atoms with van der Waals surface area (Å²) < 4.78 is 23.5. The Bertz CT molecular complexity index is 916. The first kappa shape index (κ1) is 17.6. The van der Waals surface area contributed by atoms with Crippen molar-refractivity contribution in [3.05, 3.63) is 59.5 Å². The second-order valence-electron chi connectivity index (χ2n) is 5.81. The van der Waals surface area contributed by atoms with Gasteiger partial charge in [0.2, 0.25) is 5.91 Å². The van der Waals surface area contributed by atoms with Gasteiger partial charge >= 0.3 is 0 Å². The zero-order chi connectivity index (χ0) is 18.7. The van der Waals surface area contributed by atoms with Crippen molar-refractivity contribution in [1.82, 2.24) is 10.1 Å². The van der Waals surface area contributed by atoms with Gasteiger partial charge in [0.05, 0.1) is 31.0 Å². The van der Waals surface area contributed by atoms with Gasteiger partial charge in [0, 0.05) is 16.9 Å². The molecule has 0 radical (unpaired) electrons. The molecule has 0 atom stereocenters. The number of hydrogen-bond donors (Lipinski definition) is 1. The van der Waals surface area contributed by atoms with Gasteiger partial charge in [0.25, 0.3) is 0 Å². The van der Waals surface area contributed by atoms with Crippen LogP contribution in [0.25, 0.3) is 11.1 Å². The number of pyridine rings is 1. The minimum Gasteiger partial charge on any atom is -0.496 e. The number of amides is 1. The molecule has 0 fully saturated rings. The van der Waals surface area contributed by atoms with E-state index in [-0.39, 0.29) is 12.3 Å². The van der Waals surface area contributed by atoms with E-state index < -0.39 is 5.82 Å². The number of benzene rings is 1. The van der Waals surface area contributed by atoms with E-state index in [2.05, 4.69) is 15.5 Å². The normalized spacial score (nSPS) is 10.6. The number of anilines is 1. The van der Waals surface area contributed by atoms with E-state index in [1.807, 2.05) is 13.8 Å². The van der Waals surface area contributed by atoms with Crippen LogP contribution in [0.1, 0.15) is 17.1 Å². The topological polar surface area (TPSA) is 77.2 Å². The van der Waals surface area contributed by atoms with Gasteiger partial charge in [0.1, 0.15) is 17.3 Å². The van der Waals surface area contributed by atoms with Gasteiger partial charge in [0.15, 0.2) is 0 Å². The molecule has 0 aliphatic rings. The van der Waals surface area contributed by atoms with Crippen molar-refractivity contribution in [3.63, 3.8) is 0 Å². The van der Waals surface area contributed by atoms with Crippen LogP contribution in [0.2, 0.25) is 0 Å². The van der Waals surface area contributed by atoms with Crippen LogP contribution < -0.4 is 10.1 Å². The van der Waals surface area contributed by atoms with Crippen LogP contribution in [0.5, 0.6) is 5.75 Å². The number of nitrogens with one attached hydrogen (secondary N) is 1. The van der Waals surface area contributed by atoms with Crippen molar-refractivity contribution in [2.45, 2.75) is 20.3 Å². The third-order valence-electron chi connectivity index (χ3n) is 3.92. The fourth-order valence-electron chi connectivity index (χ4n) is 2.73. The molecule has 7 heteroatoms. The predicted molar refractivity (Wildman–Crippen MR) is 94.5 cm³/mol. The lowest BCUT2D eigenvalue weighted by molar-refractivity contribution is -0.115. The van der Waals surface area contributed by atoms with E-state index in [9.17, 15) is 9.18 Å². The molecular weight excluding hydrogens is 337 g/mol. The molecule has 2 heterocycles. The van der Waals surface area contributed by atoms with Crippen molar-refractivity contribution in [1.29, 1.82) is 0 Å². The summed E-state index contributed by atoms with van der Waals surface area (Å²) in [4.78, 5) is 16.1. The molecule has 1 amide bonds. The number of aromatic nitrogens is 2. The Morgan fingerprint density at radius 2 is 2.08 bits per heavy atom. The molecule has 6 nitrogen and oxygen atoms in total. The molecule has 0 bridgehead atoms. The first-order chi connectivity index (χ1) is 12.5. The fourth-order valence-corrected chi connectivity index (χ4v) is 2.73. The van der Waals surface area contributed by atoms with Gasteiger partial charge in [-0.15, -0.1) is 0 Å². The number of carbonyl (C=O) groups excluding carboxylic acids is 1. The standard InChI is InChI=1S/C19H18FN3O3/c1-11-19(12(2)26-23-11)16-8-15(6-7-17(16)25-3)22-18(24)9-14-5-4-13(20)10-21-14/h4-8,10H,9H2,1-3H3,(H,22,24). The molecule has 2 aromatic heterocycles. The molecule has 0 saturated carbocycles. The Labute approximate surface area is 150 Å². The number of hydrogen-bond acceptors (Lipinski definition) is 5. The Morgan fingerprint density at radius 1 is 1.27 bits per heavy atom. The van der Waals surface area contributed by atoms with Crippen molar-refractivity contribution < 1.29 is 18.4 Å². The molecule has 0 unspecified atom stereocenters. The SMILES string of the molecule is COc1ccc(NC(=O)Cc2ccc(F)cn2)cc1-c1c(C)noc1C. The van der Waals surface area contributed by atoms with Crippen molar-refractivity contribution in [2.75, 3.05) is 12.4 Å². The van der Waals surface area contributed by atoms with Crippen LogP contribution in [-0.2, 0) is 11.2 Å². The Balaban J connectivity index is 1.83. The first-order valence-corrected chi connectivity index (χ1v) is 7.99. The zero-order valence-electron chi connectivity index (χ0n) is 14.7. The van der Waals surface area contributed by atoms with Crippen LogP contribution >= 0.6 is 0 Å². The van der Waals surface area contributed by atoms with Gasteiger partial charge < -0.3 is 14.6 Å². The highest BCUT2D eigenvalue weighted by Gasteiger charge is 2.17. The number of carbonyl (C=O) groups is 1. The quantitative estimate of drug-likeness (QED) is 0.755. The molecule has 134 valence electrons. The molecule has 0 aliphatic carbocycles. The summed E-state index contributed by atoms with van der Waals surface area (Å²) in [5.74, 6) is 0.629. The molecule has 0 saturated heterocycles. The van der Waals surface area contributed by atoms with Crippen LogP contribution in [0, 0.1) is 19.7 Å². The van der Waals surface area contributed by atoms with E-state index in [4.69, 9.17) is 9.26 Å². The van der Waals surface area contributed by atoms with E-state index in [1.165, 1.54) is 12.1 Å². The average Bonchev–Trinajstić information content (AvgIpc) is 2.95. The lowest BCUT2D eigenvalue weighted by atomic mass is 10.0. The first-order valence-electron chi connectivity index (χ1n) is 7.99. The van der Waals surface area contributed by atoms with E-state index in [0.717, 1.165) is 23.0 Å². The summed E-state index contributed by atoms with van der Waals surface area (Å²) in [6, 6.07) is 8.08. The number of rotatable bonds is 5. The minimum absolute atomic E-state index is 0.0486. The molecule has 26 heavy (non-hydrogen) atoms. The number of ether oxygens (including phenoxy) is 1. The van der Waals surface area contributed by atoms with Crippen LogP contribution in [-0.4, -0.2) is 23.2 Å². The monoisotopic (exact) mass is 355 g/mol. The van der Waals surface area contributed by atoms with Gasteiger partial charge in [-0.25, -0.2) is 4.39 Å². The number of methoxy groups -OCH3 is 1. The van der Waals surface area contributed by atoms with Gasteiger partial charge in [-0.1, -0.05) is 5.16 Å². The maximum atomic E-state index is 12.9. The third kappa shape index (κ3) is 3.72. The van der Waals surface area contributed by atoms with Crippen molar-refractivity contribution >= 4 is 11.6 Å². The second kappa shape index (κ2) is 7.35. The van der Waals surface area contributed by atoms with Crippen LogP contribution in [0.4, 0.5) is 10.1 Å². The molecule has 1 aromatic carbocycles. The van der Waals surface area contributed by atoms with Gasteiger partial charge in [-0.3, -0.25) is 9.78 Å². The smallest absolute Gasteiger partial charge is 0.230 e. The molecule has 0 aliphatic heterocycles. The fraction of sp³-hybridized carbons (Fsp3) is 0.211. The Morgan fingerprint density at radius 3 is 2.69 bits per heavy atom. The summed E-state index contributed by atoms with van der Waals surface area (Å²) in [5, 5.41) is 6.78. The summed E-state index contributed by atoms with van der Waals surface area (Å²) >= 11 is 0. The summed E-state index contributed by atoms with van der Waals surface area (Å²) in [6.45, 7) is 3.66. The van der Waals surface area contributed by atoms with E-state index >= 15 is 0 Å². The second-order valence-corrected chi connectivity index (χ2v) is 5.81. The maximum absolute atomic E-state index is 12.9. The predicted octanol–water partition coefficient (Wildman–Crippen LogP) is 3.68. The Hall–Kier alpha value is -3.22. The van der Waals surface area contributed by atoms with Crippen molar-refractivity contribution in [3.8, 4) is 16.9 Å². The minimum atomic E-state index is -0.437. The molecule has 3 aromatic rings. The Kier molecular flexibility index (Phi) is 4.97. The summed E-state index contributed by atoms with van der Waals surface area (Å²) in [6.07, 6.45) is 1.14. The van der Waals surface area contributed by atoms with Crippen molar-refractivity contribution in [2.24, 2.45) is 0 Å². The molecular formula is C19H18FN3O3. The summed E-state index contributed by atoms with van der Waals surface area (Å²) in [7, 11) is 1.58. The molecule has 1 N–H and O–H groups in total. The van der Waals surface area contributed by atoms with Crippen LogP contribution in [0.15, 0.2) is 41.1 Å². The number of nitrogens with zero attached hydrogens (tertiary/aromatic N) is 2. The average molecular weight is 355 g/mol. The van der Waals surface area contributed by atoms with E-state index in [1.54, 1.807) is 25.3 Å². The van der Waals surface area contributed by atoms with Gasteiger partial charge in [-0.05, 0) is 44.2 Å². The number of halogens is 1. The highest BCUT2D eigenvalue weighted by atomic mass is 19.1. The van der Waals surface area contributed by atoms with Crippen LogP contribution in [0.3, 0.4) is 0 Å². The highest BCUT2D eigenvalue weighted by Crippen LogP contribution is 2.36. The highest BCUT2D eigenvalue weighted by molar-refractivity contribution is 5.93.